The van der Waals surface area contributed by atoms with E-state index in [0.29, 0.717) is 35.5 Å². The van der Waals surface area contributed by atoms with Crippen LogP contribution in [0.15, 0.2) is 16.8 Å². The lowest BCUT2D eigenvalue weighted by atomic mass is 9.94. The maximum Gasteiger partial charge on any atom is 0.270 e. The lowest BCUT2D eigenvalue weighted by Gasteiger charge is -2.32. The Morgan fingerprint density at radius 1 is 1.24 bits per heavy atom. The summed E-state index contributed by atoms with van der Waals surface area (Å²) >= 11 is 0. The van der Waals surface area contributed by atoms with Gasteiger partial charge in [0, 0.05) is 38.7 Å². The first-order valence-corrected chi connectivity index (χ1v) is 10.8. The first-order chi connectivity index (χ1) is 14.1. The molecule has 7 nitrogen and oxygen atoms in total. The molecule has 7 heteroatoms. The van der Waals surface area contributed by atoms with Crippen molar-refractivity contribution in [3.05, 3.63) is 35.2 Å². The molecule has 0 N–H and O–H groups in total. The SMILES string of the molecule is Cn1cc(C#N)cc1C(=O)N1CCCC(Cc2nc(C3CCCCCC3)no2)C1. The van der Waals surface area contributed by atoms with Gasteiger partial charge in [-0.05, 0) is 37.7 Å². The second-order valence-corrected chi connectivity index (χ2v) is 8.54. The van der Waals surface area contributed by atoms with Crippen molar-refractivity contribution in [3.8, 4) is 6.07 Å². The van der Waals surface area contributed by atoms with Gasteiger partial charge in [-0.1, -0.05) is 30.8 Å². The highest BCUT2D eigenvalue weighted by molar-refractivity contribution is 5.93. The van der Waals surface area contributed by atoms with Gasteiger partial charge < -0.3 is 14.0 Å². The van der Waals surface area contributed by atoms with Crippen molar-refractivity contribution in [2.75, 3.05) is 13.1 Å². The second kappa shape index (κ2) is 8.81. The van der Waals surface area contributed by atoms with Crippen molar-refractivity contribution >= 4 is 5.91 Å². The fraction of sp³-hybridized carbons (Fsp3) is 0.636. The molecule has 1 aliphatic heterocycles. The monoisotopic (exact) mass is 395 g/mol. The first kappa shape index (κ1) is 19.7. The summed E-state index contributed by atoms with van der Waals surface area (Å²) in [5.74, 6) is 2.33. The Labute approximate surface area is 171 Å². The van der Waals surface area contributed by atoms with Crippen LogP contribution in [0.3, 0.4) is 0 Å². The standard InChI is InChI=1S/C22H29N5O2/c1-26-14-17(13-23)11-19(26)22(28)27-10-6-7-16(15-27)12-20-24-21(25-29-20)18-8-4-2-3-5-9-18/h11,14,16,18H,2-10,12,15H2,1H3. The Balaban J connectivity index is 1.38. The summed E-state index contributed by atoms with van der Waals surface area (Å²) in [6.45, 7) is 1.44. The molecule has 1 amide bonds. The number of nitrogens with zero attached hydrogens (tertiary/aromatic N) is 5. The number of carbonyl (C=O) groups excluding carboxylic acids is 1. The van der Waals surface area contributed by atoms with E-state index in [0.717, 1.165) is 44.5 Å². The average molecular weight is 396 g/mol. The van der Waals surface area contributed by atoms with E-state index in [1.807, 2.05) is 11.9 Å². The smallest absolute Gasteiger partial charge is 0.270 e. The molecule has 1 atom stereocenters. The highest BCUT2D eigenvalue weighted by atomic mass is 16.5. The molecule has 2 aromatic rings. The molecule has 1 unspecified atom stereocenters. The van der Waals surface area contributed by atoms with Gasteiger partial charge in [0.05, 0.1) is 5.56 Å². The molecule has 1 aliphatic carbocycles. The molecule has 1 saturated heterocycles. The molecule has 154 valence electrons. The van der Waals surface area contributed by atoms with Crippen molar-refractivity contribution in [3.63, 3.8) is 0 Å². The highest BCUT2D eigenvalue weighted by Crippen LogP contribution is 2.30. The minimum atomic E-state index is -0.0108. The van der Waals surface area contributed by atoms with Crippen LogP contribution < -0.4 is 0 Å². The largest absolute Gasteiger partial charge is 0.345 e. The van der Waals surface area contributed by atoms with Gasteiger partial charge in [0.1, 0.15) is 11.8 Å². The van der Waals surface area contributed by atoms with Crippen LogP contribution in [0.5, 0.6) is 0 Å². The number of hydrogen-bond acceptors (Lipinski definition) is 5. The summed E-state index contributed by atoms with van der Waals surface area (Å²) in [6, 6.07) is 3.77. The molecule has 0 aromatic carbocycles. The number of aromatic nitrogens is 3. The number of rotatable bonds is 4. The van der Waals surface area contributed by atoms with Crippen LogP contribution in [0, 0.1) is 17.2 Å². The Morgan fingerprint density at radius 2 is 2.03 bits per heavy atom. The van der Waals surface area contributed by atoms with Crippen molar-refractivity contribution in [1.82, 2.24) is 19.6 Å². The zero-order chi connectivity index (χ0) is 20.2. The maximum absolute atomic E-state index is 12.9. The minimum Gasteiger partial charge on any atom is -0.345 e. The van der Waals surface area contributed by atoms with E-state index in [1.165, 1.54) is 25.7 Å². The molecule has 1 saturated carbocycles. The molecule has 4 rings (SSSR count). The molecule has 29 heavy (non-hydrogen) atoms. The lowest BCUT2D eigenvalue weighted by molar-refractivity contribution is 0.0658. The third kappa shape index (κ3) is 4.52. The normalized spacial score (nSPS) is 21.0. The molecular weight excluding hydrogens is 366 g/mol. The van der Waals surface area contributed by atoms with E-state index in [4.69, 9.17) is 14.8 Å². The number of nitriles is 1. The zero-order valence-electron chi connectivity index (χ0n) is 17.1. The van der Waals surface area contributed by atoms with Gasteiger partial charge >= 0.3 is 0 Å². The second-order valence-electron chi connectivity index (χ2n) is 8.54. The first-order valence-electron chi connectivity index (χ1n) is 10.8. The van der Waals surface area contributed by atoms with Gasteiger partial charge in [-0.25, -0.2) is 0 Å². The van der Waals surface area contributed by atoms with Crippen molar-refractivity contribution in [2.45, 2.75) is 63.7 Å². The predicted octanol–water partition coefficient (Wildman–Crippen LogP) is 3.81. The van der Waals surface area contributed by atoms with Gasteiger partial charge in [-0.15, -0.1) is 0 Å². The number of piperidine rings is 1. The topological polar surface area (TPSA) is 88.0 Å². The Bertz CT molecular complexity index is 885. The van der Waals surface area contributed by atoms with E-state index in [9.17, 15) is 4.79 Å². The van der Waals surface area contributed by atoms with Crippen LogP contribution in [0.25, 0.3) is 0 Å². The summed E-state index contributed by atoms with van der Waals surface area (Å²) < 4.78 is 7.31. The quantitative estimate of drug-likeness (QED) is 0.735. The van der Waals surface area contributed by atoms with Crippen molar-refractivity contribution in [1.29, 1.82) is 5.26 Å². The average Bonchev–Trinajstić information content (AvgIpc) is 3.25. The predicted molar refractivity (Wildman–Crippen MR) is 107 cm³/mol. The molecule has 0 spiro atoms. The highest BCUT2D eigenvalue weighted by Gasteiger charge is 2.28. The van der Waals surface area contributed by atoms with Crippen LogP contribution in [-0.2, 0) is 13.5 Å². The van der Waals surface area contributed by atoms with Crippen molar-refractivity contribution < 1.29 is 9.32 Å². The minimum absolute atomic E-state index is 0.0108. The Morgan fingerprint density at radius 3 is 2.76 bits per heavy atom. The van der Waals surface area contributed by atoms with E-state index >= 15 is 0 Å². The summed E-state index contributed by atoms with van der Waals surface area (Å²) in [7, 11) is 1.81. The van der Waals surface area contributed by atoms with Gasteiger partial charge in [0.2, 0.25) is 5.89 Å². The third-order valence-corrected chi connectivity index (χ3v) is 6.33. The van der Waals surface area contributed by atoms with E-state index < -0.39 is 0 Å². The number of aryl methyl sites for hydroxylation is 1. The van der Waals surface area contributed by atoms with E-state index in [2.05, 4.69) is 11.2 Å². The number of likely N-dealkylation sites (tertiary alicyclic amines) is 1. The van der Waals surface area contributed by atoms with Crippen LogP contribution in [-0.4, -0.2) is 38.6 Å². The van der Waals surface area contributed by atoms with Gasteiger partial charge in [-0.2, -0.15) is 10.2 Å². The maximum atomic E-state index is 12.9. The Hall–Kier alpha value is -2.62. The van der Waals surface area contributed by atoms with Crippen LogP contribution in [0.4, 0.5) is 0 Å². The molecule has 0 bridgehead atoms. The van der Waals surface area contributed by atoms with Crippen molar-refractivity contribution in [2.24, 2.45) is 13.0 Å². The molecule has 0 radical (unpaired) electrons. The van der Waals surface area contributed by atoms with Gasteiger partial charge in [0.25, 0.3) is 5.91 Å². The summed E-state index contributed by atoms with van der Waals surface area (Å²) in [4.78, 5) is 19.5. The molecule has 2 aliphatic rings. The summed E-state index contributed by atoms with van der Waals surface area (Å²) in [6.07, 6.45) is 11.9. The summed E-state index contributed by atoms with van der Waals surface area (Å²) in [5.41, 5.74) is 1.08. The fourth-order valence-corrected chi connectivity index (χ4v) is 4.72. The summed E-state index contributed by atoms with van der Waals surface area (Å²) in [5, 5.41) is 13.3. The lowest BCUT2D eigenvalue weighted by Crippen LogP contribution is -2.41. The fourth-order valence-electron chi connectivity index (χ4n) is 4.72. The molecule has 2 fully saturated rings. The van der Waals surface area contributed by atoms with E-state index in [1.54, 1.807) is 16.8 Å². The van der Waals surface area contributed by atoms with Crippen LogP contribution in [0.1, 0.15) is 85.1 Å². The zero-order valence-corrected chi connectivity index (χ0v) is 17.1. The number of hydrogen-bond donors (Lipinski definition) is 0. The van der Waals surface area contributed by atoms with Crippen LogP contribution in [0.2, 0.25) is 0 Å². The third-order valence-electron chi connectivity index (χ3n) is 6.33. The molecule has 3 heterocycles. The van der Waals surface area contributed by atoms with Gasteiger partial charge in [0.15, 0.2) is 5.82 Å². The molecule has 2 aromatic heterocycles. The number of amides is 1. The van der Waals surface area contributed by atoms with Crippen LogP contribution >= 0.6 is 0 Å². The van der Waals surface area contributed by atoms with Gasteiger partial charge in [-0.3, -0.25) is 4.79 Å². The van der Waals surface area contributed by atoms with E-state index in [-0.39, 0.29) is 5.91 Å². The number of carbonyl (C=O) groups is 1. The molecular formula is C22H29N5O2. The Kier molecular flexibility index (Phi) is 5.98.